The fraction of sp³-hybridized carbons (Fsp3) is 0.412. The van der Waals surface area contributed by atoms with Crippen LogP contribution in [0.5, 0.6) is 0 Å². The predicted octanol–water partition coefficient (Wildman–Crippen LogP) is 2.81. The van der Waals surface area contributed by atoms with E-state index in [1.54, 1.807) is 7.05 Å². The maximum atomic E-state index is 5.58. The summed E-state index contributed by atoms with van der Waals surface area (Å²) in [4.78, 5) is 10.8. The second-order valence-corrected chi connectivity index (χ2v) is 5.43. The van der Waals surface area contributed by atoms with Crippen molar-refractivity contribution in [3.05, 3.63) is 52.7 Å². The number of hydrogen-bond acceptors (Lipinski definition) is 3. The summed E-state index contributed by atoms with van der Waals surface area (Å²) in [7, 11) is 3.80. The molecule has 118 valence electrons. The molecule has 5 nitrogen and oxygen atoms in total. The van der Waals surface area contributed by atoms with Crippen LogP contribution in [0, 0.1) is 20.8 Å². The summed E-state index contributed by atoms with van der Waals surface area (Å²) < 4.78 is 5.58. The van der Waals surface area contributed by atoms with E-state index in [0.717, 1.165) is 24.0 Å². The maximum absolute atomic E-state index is 5.58. The van der Waals surface area contributed by atoms with Crippen molar-refractivity contribution in [1.82, 2.24) is 15.2 Å². The zero-order valence-electron chi connectivity index (χ0n) is 14.0. The Balaban J connectivity index is 1.98. The minimum absolute atomic E-state index is 0.527. The van der Waals surface area contributed by atoms with Gasteiger partial charge in [0, 0.05) is 20.6 Å². The molecule has 1 N–H and O–H groups in total. The Kier molecular flexibility index (Phi) is 5.20. The number of oxazole rings is 1. The summed E-state index contributed by atoms with van der Waals surface area (Å²) >= 11 is 0. The van der Waals surface area contributed by atoms with Gasteiger partial charge in [-0.2, -0.15) is 0 Å². The lowest BCUT2D eigenvalue weighted by atomic mass is 10.1. The van der Waals surface area contributed by atoms with Gasteiger partial charge in [-0.05, 0) is 31.9 Å². The van der Waals surface area contributed by atoms with Crippen molar-refractivity contribution in [3.8, 4) is 0 Å². The second-order valence-electron chi connectivity index (χ2n) is 5.43. The lowest BCUT2D eigenvalue weighted by molar-refractivity contribution is 0.442. The molecular formula is C17H24N4O. The number of nitrogens with one attached hydrogen (secondary N) is 1. The number of aromatic nitrogens is 1. The molecule has 22 heavy (non-hydrogen) atoms. The molecule has 2 aromatic rings. The van der Waals surface area contributed by atoms with Crippen molar-refractivity contribution in [3.63, 3.8) is 0 Å². The molecule has 0 saturated carbocycles. The summed E-state index contributed by atoms with van der Waals surface area (Å²) in [5, 5.41) is 3.29. The predicted molar refractivity (Wildman–Crippen MR) is 88.8 cm³/mol. The molecule has 0 radical (unpaired) electrons. The smallest absolute Gasteiger partial charge is 0.214 e. The van der Waals surface area contributed by atoms with Crippen molar-refractivity contribution >= 4 is 5.96 Å². The summed E-state index contributed by atoms with van der Waals surface area (Å²) in [6.45, 7) is 7.32. The summed E-state index contributed by atoms with van der Waals surface area (Å²) in [6.07, 6.45) is 0. The molecule has 1 heterocycles. The van der Waals surface area contributed by atoms with Crippen molar-refractivity contribution in [2.45, 2.75) is 33.9 Å². The molecule has 0 aliphatic rings. The number of aryl methyl sites for hydroxylation is 3. The molecule has 0 bridgehead atoms. The SMILES string of the molecule is CN=C(NCc1nc(C)c(C)o1)N(C)Cc1ccccc1C. The number of aliphatic imine (C=N–C) groups is 1. The highest BCUT2D eigenvalue weighted by Gasteiger charge is 2.10. The molecule has 0 atom stereocenters. The third-order valence-corrected chi connectivity index (χ3v) is 3.71. The van der Waals surface area contributed by atoms with Crippen LogP contribution in [0.1, 0.15) is 28.5 Å². The average molecular weight is 300 g/mol. The van der Waals surface area contributed by atoms with Gasteiger partial charge in [0.2, 0.25) is 5.89 Å². The van der Waals surface area contributed by atoms with Crippen LogP contribution < -0.4 is 5.32 Å². The van der Waals surface area contributed by atoms with Gasteiger partial charge in [-0.1, -0.05) is 24.3 Å². The first-order valence-corrected chi connectivity index (χ1v) is 7.40. The Morgan fingerprint density at radius 2 is 2.00 bits per heavy atom. The quantitative estimate of drug-likeness (QED) is 0.697. The van der Waals surface area contributed by atoms with Crippen LogP contribution in [-0.2, 0) is 13.1 Å². The van der Waals surface area contributed by atoms with Gasteiger partial charge in [-0.15, -0.1) is 0 Å². The topological polar surface area (TPSA) is 53.7 Å². The highest BCUT2D eigenvalue weighted by atomic mass is 16.4. The van der Waals surface area contributed by atoms with Gasteiger partial charge in [-0.3, -0.25) is 4.99 Å². The molecule has 0 saturated heterocycles. The van der Waals surface area contributed by atoms with Crippen LogP contribution in [0.4, 0.5) is 0 Å². The molecule has 0 unspecified atom stereocenters. The summed E-state index contributed by atoms with van der Waals surface area (Å²) in [5.41, 5.74) is 3.50. The first kappa shape index (κ1) is 16.1. The highest BCUT2D eigenvalue weighted by molar-refractivity contribution is 5.79. The molecule has 2 rings (SSSR count). The molecule has 0 fully saturated rings. The molecule has 0 aliphatic heterocycles. The third kappa shape index (κ3) is 3.87. The maximum Gasteiger partial charge on any atom is 0.214 e. The fourth-order valence-electron chi connectivity index (χ4n) is 2.27. The largest absolute Gasteiger partial charge is 0.444 e. The molecule has 5 heteroatoms. The van der Waals surface area contributed by atoms with E-state index < -0.39 is 0 Å². The van der Waals surface area contributed by atoms with E-state index in [-0.39, 0.29) is 0 Å². The summed E-state index contributed by atoms with van der Waals surface area (Å²) in [6, 6.07) is 8.38. The van der Waals surface area contributed by atoms with Crippen molar-refractivity contribution < 1.29 is 4.42 Å². The average Bonchev–Trinajstić information content (AvgIpc) is 2.81. The van der Waals surface area contributed by atoms with E-state index in [1.807, 2.05) is 20.9 Å². The number of nitrogens with zero attached hydrogens (tertiary/aromatic N) is 3. The number of benzene rings is 1. The molecule has 0 spiro atoms. The van der Waals surface area contributed by atoms with Crippen LogP contribution in [0.15, 0.2) is 33.7 Å². The summed E-state index contributed by atoms with van der Waals surface area (Å²) in [5.74, 6) is 2.36. The standard InChI is InChI=1S/C17H24N4O/c1-12-8-6-7-9-15(12)11-21(5)17(18-4)19-10-16-20-13(2)14(3)22-16/h6-9H,10-11H2,1-5H3,(H,18,19). The van der Waals surface area contributed by atoms with Crippen molar-refractivity contribution in [1.29, 1.82) is 0 Å². The lowest BCUT2D eigenvalue weighted by Crippen LogP contribution is -2.38. The first-order chi connectivity index (χ1) is 10.5. The van der Waals surface area contributed by atoms with Crippen LogP contribution in [0.2, 0.25) is 0 Å². The molecule has 1 aromatic carbocycles. The van der Waals surface area contributed by atoms with Crippen LogP contribution in [0.3, 0.4) is 0 Å². The Morgan fingerprint density at radius 1 is 1.27 bits per heavy atom. The van der Waals surface area contributed by atoms with Gasteiger partial charge in [0.25, 0.3) is 0 Å². The number of guanidine groups is 1. The Labute approximate surface area is 132 Å². The van der Waals surface area contributed by atoms with E-state index in [9.17, 15) is 0 Å². The second kappa shape index (κ2) is 7.11. The lowest BCUT2D eigenvalue weighted by Gasteiger charge is -2.22. The number of rotatable bonds is 4. The van der Waals surface area contributed by atoms with Crippen LogP contribution in [0.25, 0.3) is 0 Å². The van der Waals surface area contributed by atoms with E-state index in [2.05, 4.69) is 51.4 Å². The highest BCUT2D eigenvalue weighted by Crippen LogP contribution is 2.10. The monoisotopic (exact) mass is 300 g/mol. The van der Waals surface area contributed by atoms with Gasteiger partial charge in [-0.25, -0.2) is 4.98 Å². The molecule has 1 aromatic heterocycles. The van der Waals surface area contributed by atoms with Gasteiger partial charge in [0.1, 0.15) is 5.76 Å². The van der Waals surface area contributed by atoms with E-state index in [4.69, 9.17) is 4.42 Å². The van der Waals surface area contributed by atoms with Gasteiger partial charge in [0.05, 0.1) is 12.2 Å². The third-order valence-electron chi connectivity index (χ3n) is 3.71. The van der Waals surface area contributed by atoms with Crippen molar-refractivity contribution in [2.75, 3.05) is 14.1 Å². The van der Waals surface area contributed by atoms with Gasteiger partial charge >= 0.3 is 0 Å². The van der Waals surface area contributed by atoms with Crippen LogP contribution >= 0.6 is 0 Å². The zero-order valence-corrected chi connectivity index (χ0v) is 14.0. The molecule has 0 aliphatic carbocycles. The Hall–Kier alpha value is -2.30. The minimum atomic E-state index is 0.527. The molecule has 0 amide bonds. The first-order valence-electron chi connectivity index (χ1n) is 7.40. The zero-order chi connectivity index (χ0) is 16.1. The van der Waals surface area contributed by atoms with E-state index >= 15 is 0 Å². The molecular weight excluding hydrogens is 276 g/mol. The Morgan fingerprint density at radius 3 is 2.59 bits per heavy atom. The normalized spacial score (nSPS) is 11.6. The van der Waals surface area contributed by atoms with Gasteiger partial charge in [0.15, 0.2) is 5.96 Å². The van der Waals surface area contributed by atoms with E-state index in [1.165, 1.54) is 11.1 Å². The van der Waals surface area contributed by atoms with Gasteiger partial charge < -0.3 is 14.6 Å². The van der Waals surface area contributed by atoms with Crippen LogP contribution in [-0.4, -0.2) is 29.9 Å². The van der Waals surface area contributed by atoms with E-state index in [0.29, 0.717) is 12.4 Å². The number of hydrogen-bond donors (Lipinski definition) is 1. The fourth-order valence-corrected chi connectivity index (χ4v) is 2.27. The minimum Gasteiger partial charge on any atom is -0.444 e. The van der Waals surface area contributed by atoms with Crippen molar-refractivity contribution in [2.24, 2.45) is 4.99 Å². The Bertz CT molecular complexity index is 641.